The first-order valence-corrected chi connectivity index (χ1v) is 5.02. The first-order valence-electron chi connectivity index (χ1n) is 5.02. The molecule has 14 heavy (non-hydrogen) atoms. The summed E-state index contributed by atoms with van der Waals surface area (Å²) in [4.78, 5) is 15.4. The molecule has 0 radical (unpaired) electrons. The van der Waals surface area contributed by atoms with Crippen molar-refractivity contribution in [1.29, 1.82) is 0 Å². The van der Waals surface area contributed by atoms with E-state index >= 15 is 0 Å². The molecular formula is C10H15N3O. The molecule has 1 aliphatic carbocycles. The number of nitrogens with zero attached hydrogens (tertiary/aromatic N) is 2. The molecule has 1 N–H and O–H groups in total. The van der Waals surface area contributed by atoms with Crippen molar-refractivity contribution >= 4 is 5.91 Å². The Labute approximate surface area is 83.3 Å². The third-order valence-electron chi connectivity index (χ3n) is 2.38. The van der Waals surface area contributed by atoms with E-state index in [2.05, 4.69) is 10.3 Å². The summed E-state index contributed by atoms with van der Waals surface area (Å²) in [6, 6.07) is 0.178. The van der Waals surface area contributed by atoms with Crippen molar-refractivity contribution in [3.8, 4) is 0 Å². The molecule has 4 heteroatoms. The number of hydrogen-bond donors (Lipinski definition) is 1. The summed E-state index contributed by atoms with van der Waals surface area (Å²) in [5.41, 5.74) is 0. The highest BCUT2D eigenvalue weighted by molar-refractivity contribution is 5.81. The predicted octanol–water partition coefficient (Wildman–Crippen LogP) is 0.798. The number of hydrogen-bond acceptors (Lipinski definition) is 2. The summed E-state index contributed by atoms with van der Waals surface area (Å²) in [6.07, 6.45) is 7.53. The highest BCUT2D eigenvalue weighted by Gasteiger charge is 2.30. The lowest BCUT2D eigenvalue weighted by Crippen LogP contribution is -2.36. The second kappa shape index (κ2) is 3.82. The van der Waals surface area contributed by atoms with E-state index in [0.717, 1.165) is 19.4 Å². The maximum atomic E-state index is 11.4. The van der Waals surface area contributed by atoms with Gasteiger partial charge in [-0.05, 0) is 19.8 Å². The number of rotatable bonds is 4. The third-order valence-corrected chi connectivity index (χ3v) is 2.38. The standard InChI is InChI=1S/C10H15N3O/c1-8(6-13-5-4-11-7-13)12-10(14)9-2-3-9/h4-5,7-9H,2-3,6H2,1H3,(H,12,14). The van der Waals surface area contributed by atoms with Gasteiger partial charge in [-0.15, -0.1) is 0 Å². The number of amides is 1. The van der Waals surface area contributed by atoms with E-state index in [1.54, 1.807) is 12.5 Å². The summed E-state index contributed by atoms with van der Waals surface area (Å²) in [6.45, 7) is 2.80. The van der Waals surface area contributed by atoms with Crippen LogP contribution in [0.4, 0.5) is 0 Å². The Balaban J connectivity index is 1.78. The predicted molar refractivity (Wildman–Crippen MR) is 52.6 cm³/mol. The minimum atomic E-state index is 0.178. The van der Waals surface area contributed by atoms with Crippen LogP contribution in [0.1, 0.15) is 19.8 Å². The SMILES string of the molecule is CC(Cn1ccnc1)NC(=O)C1CC1. The molecule has 1 saturated carbocycles. The first kappa shape index (κ1) is 9.24. The summed E-state index contributed by atoms with van der Waals surface area (Å²) in [5, 5.41) is 2.99. The third kappa shape index (κ3) is 2.34. The molecule has 76 valence electrons. The second-order valence-electron chi connectivity index (χ2n) is 3.94. The van der Waals surface area contributed by atoms with Crippen molar-refractivity contribution < 1.29 is 4.79 Å². The van der Waals surface area contributed by atoms with Crippen molar-refractivity contribution in [2.75, 3.05) is 0 Å². The van der Waals surface area contributed by atoms with Crippen molar-refractivity contribution in [1.82, 2.24) is 14.9 Å². The topological polar surface area (TPSA) is 46.9 Å². The van der Waals surface area contributed by atoms with Gasteiger partial charge in [0.2, 0.25) is 5.91 Å². The van der Waals surface area contributed by atoms with Gasteiger partial charge in [0.1, 0.15) is 0 Å². The molecule has 1 heterocycles. The molecule has 0 bridgehead atoms. The monoisotopic (exact) mass is 193 g/mol. The Hall–Kier alpha value is -1.32. The Bertz CT molecular complexity index is 303. The zero-order chi connectivity index (χ0) is 9.97. The number of aromatic nitrogens is 2. The fourth-order valence-electron chi connectivity index (χ4n) is 1.46. The summed E-state index contributed by atoms with van der Waals surface area (Å²) in [7, 11) is 0. The van der Waals surface area contributed by atoms with Crippen LogP contribution >= 0.6 is 0 Å². The largest absolute Gasteiger partial charge is 0.352 e. The molecule has 0 spiro atoms. The van der Waals surface area contributed by atoms with Crippen LogP contribution in [0.15, 0.2) is 18.7 Å². The Kier molecular flexibility index (Phi) is 2.52. The summed E-state index contributed by atoms with van der Waals surface area (Å²) >= 11 is 0. The van der Waals surface area contributed by atoms with Gasteiger partial charge in [0.15, 0.2) is 0 Å². The first-order chi connectivity index (χ1) is 6.75. The van der Waals surface area contributed by atoms with E-state index in [4.69, 9.17) is 0 Å². The Morgan fingerprint density at radius 1 is 1.71 bits per heavy atom. The van der Waals surface area contributed by atoms with E-state index in [-0.39, 0.29) is 11.9 Å². The molecule has 1 aliphatic rings. The lowest BCUT2D eigenvalue weighted by atomic mass is 10.3. The van der Waals surface area contributed by atoms with Crippen LogP contribution in [0.5, 0.6) is 0 Å². The van der Waals surface area contributed by atoms with Gasteiger partial charge in [-0.25, -0.2) is 4.98 Å². The maximum absolute atomic E-state index is 11.4. The lowest BCUT2D eigenvalue weighted by molar-refractivity contribution is -0.122. The maximum Gasteiger partial charge on any atom is 0.223 e. The van der Waals surface area contributed by atoms with Gasteiger partial charge in [-0.2, -0.15) is 0 Å². The lowest BCUT2D eigenvalue weighted by Gasteiger charge is -2.13. The number of nitrogens with one attached hydrogen (secondary N) is 1. The molecule has 0 saturated heterocycles. The van der Waals surface area contributed by atoms with Crippen LogP contribution in [-0.2, 0) is 11.3 Å². The molecule has 1 aromatic heterocycles. The average molecular weight is 193 g/mol. The fourth-order valence-corrected chi connectivity index (χ4v) is 1.46. The van der Waals surface area contributed by atoms with Gasteiger partial charge in [-0.3, -0.25) is 4.79 Å². The van der Waals surface area contributed by atoms with Crippen molar-refractivity contribution in [3.05, 3.63) is 18.7 Å². The molecule has 0 aromatic carbocycles. The van der Waals surface area contributed by atoms with Gasteiger partial charge in [0.25, 0.3) is 0 Å². The zero-order valence-electron chi connectivity index (χ0n) is 8.31. The van der Waals surface area contributed by atoms with Crippen molar-refractivity contribution in [2.45, 2.75) is 32.4 Å². The molecule has 1 amide bonds. The molecule has 1 unspecified atom stereocenters. The number of imidazole rings is 1. The van der Waals surface area contributed by atoms with E-state index < -0.39 is 0 Å². The molecular weight excluding hydrogens is 178 g/mol. The Morgan fingerprint density at radius 2 is 2.50 bits per heavy atom. The number of carbonyl (C=O) groups is 1. The van der Waals surface area contributed by atoms with Crippen molar-refractivity contribution in [2.24, 2.45) is 5.92 Å². The second-order valence-corrected chi connectivity index (χ2v) is 3.94. The fraction of sp³-hybridized carbons (Fsp3) is 0.600. The van der Waals surface area contributed by atoms with Gasteiger partial charge in [-0.1, -0.05) is 0 Å². The molecule has 0 aliphatic heterocycles. The van der Waals surface area contributed by atoms with Crippen LogP contribution < -0.4 is 5.32 Å². The van der Waals surface area contributed by atoms with Crippen LogP contribution in [0, 0.1) is 5.92 Å². The van der Waals surface area contributed by atoms with Gasteiger partial charge < -0.3 is 9.88 Å². The normalized spacial score (nSPS) is 17.8. The molecule has 2 rings (SSSR count). The van der Waals surface area contributed by atoms with Crippen LogP contribution in [0.25, 0.3) is 0 Å². The molecule has 1 fully saturated rings. The van der Waals surface area contributed by atoms with E-state index in [0.29, 0.717) is 5.92 Å². The number of carbonyl (C=O) groups excluding carboxylic acids is 1. The summed E-state index contributed by atoms with van der Waals surface area (Å²) in [5.74, 6) is 0.498. The summed E-state index contributed by atoms with van der Waals surface area (Å²) < 4.78 is 1.97. The average Bonchev–Trinajstić information content (AvgIpc) is 2.87. The van der Waals surface area contributed by atoms with Crippen molar-refractivity contribution in [3.63, 3.8) is 0 Å². The van der Waals surface area contributed by atoms with E-state index in [1.165, 1.54) is 0 Å². The molecule has 1 aromatic rings. The quantitative estimate of drug-likeness (QED) is 0.768. The van der Waals surface area contributed by atoms with Crippen LogP contribution in [0.2, 0.25) is 0 Å². The van der Waals surface area contributed by atoms with E-state index in [1.807, 2.05) is 17.7 Å². The minimum Gasteiger partial charge on any atom is -0.352 e. The van der Waals surface area contributed by atoms with Gasteiger partial charge in [0.05, 0.1) is 6.33 Å². The molecule has 4 nitrogen and oxygen atoms in total. The van der Waals surface area contributed by atoms with Gasteiger partial charge in [0, 0.05) is 30.9 Å². The molecule has 1 atom stereocenters. The minimum absolute atomic E-state index is 0.178. The highest BCUT2D eigenvalue weighted by Crippen LogP contribution is 2.28. The highest BCUT2D eigenvalue weighted by atomic mass is 16.2. The Morgan fingerprint density at radius 3 is 3.07 bits per heavy atom. The van der Waals surface area contributed by atoms with Crippen LogP contribution in [0.3, 0.4) is 0 Å². The zero-order valence-corrected chi connectivity index (χ0v) is 8.31. The smallest absolute Gasteiger partial charge is 0.223 e. The van der Waals surface area contributed by atoms with Crippen LogP contribution in [-0.4, -0.2) is 21.5 Å². The van der Waals surface area contributed by atoms with Gasteiger partial charge >= 0.3 is 0 Å². The van der Waals surface area contributed by atoms with E-state index in [9.17, 15) is 4.79 Å².